The van der Waals surface area contributed by atoms with E-state index in [2.05, 4.69) is 21.2 Å². The zero-order valence-electron chi connectivity index (χ0n) is 9.71. The largest absolute Gasteiger partial charge is 0.306 e. The summed E-state index contributed by atoms with van der Waals surface area (Å²) >= 11 is 4.98. The van der Waals surface area contributed by atoms with E-state index in [-0.39, 0.29) is 6.04 Å². The van der Waals surface area contributed by atoms with E-state index >= 15 is 0 Å². The summed E-state index contributed by atoms with van der Waals surface area (Å²) in [5.41, 5.74) is 0.460. The van der Waals surface area contributed by atoms with Gasteiger partial charge in [0, 0.05) is 21.0 Å². The maximum absolute atomic E-state index is 13.9. The minimum Gasteiger partial charge on any atom is -0.306 e. The molecule has 0 saturated carbocycles. The highest BCUT2D eigenvalue weighted by Gasteiger charge is 2.20. The van der Waals surface area contributed by atoms with Crippen LogP contribution in [0.4, 0.5) is 8.78 Å². The number of halogens is 3. The van der Waals surface area contributed by atoms with Gasteiger partial charge in [-0.1, -0.05) is 13.0 Å². The van der Waals surface area contributed by atoms with Crippen molar-refractivity contribution in [1.82, 2.24) is 5.32 Å². The maximum atomic E-state index is 13.9. The van der Waals surface area contributed by atoms with E-state index in [4.69, 9.17) is 0 Å². The quantitative estimate of drug-likeness (QED) is 0.870. The molecule has 1 N–H and O–H groups in total. The first-order chi connectivity index (χ1) is 8.63. The van der Waals surface area contributed by atoms with Gasteiger partial charge in [0.1, 0.15) is 11.6 Å². The second kappa shape index (κ2) is 5.91. The average Bonchev–Trinajstić information content (AvgIpc) is 2.73. The van der Waals surface area contributed by atoms with Crippen molar-refractivity contribution in [2.24, 2.45) is 0 Å². The molecule has 1 atom stereocenters. The Kier molecular flexibility index (Phi) is 4.48. The minimum absolute atomic E-state index is 0.259. The molecule has 0 saturated heterocycles. The molecule has 96 valence electrons. The maximum Gasteiger partial charge on any atom is 0.131 e. The molecule has 0 amide bonds. The molecule has 0 radical (unpaired) electrons. The van der Waals surface area contributed by atoms with Crippen molar-refractivity contribution in [3.05, 3.63) is 56.2 Å². The van der Waals surface area contributed by atoms with E-state index in [9.17, 15) is 8.78 Å². The lowest BCUT2D eigenvalue weighted by atomic mass is 10.0. The number of nitrogens with one attached hydrogen (secondary N) is 1. The summed E-state index contributed by atoms with van der Waals surface area (Å²) in [4.78, 5) is 0.988. The predicted octanol–water partition coefficient (Wildman–Crippen LogP) is 4.49. The van der Waals surface area contributed by atoms with Crippen molar-refractivity contribution >= 4 is 27.3 Å². The Morgan fingerprint density at radius 1 is 1.33 bits per heavy atom. The smallest absolute Gasteiger partial charge is 0.131 e. The molecule has 0 aliphatic rings. The average molecular weight is 332 g/mol. The summed E-state index contributed by atoms with van der Waals surface area (Å²) in [7, 11) is 0. The van der Waals surface area contributed by atoms with Crippen LogP contribution in [0.25, 0.3) is 0 Å². The molecule has 0 aliphatic heterocycles. The highest BCUT2D eigenvalue weighted by Crippen LogP contribution is 2.34. The second-order valence-corrected chi connectivity index (χ2v) is 5.59. The van der Waals surface area contributed by atoms with Crippen LogP contribution in [0, 0.1) is 11.6 Å². The van der Waals surface area contributed by atoms with Crippen molar-refractivity contribution < 1.29 is 8.78 Å². The Balaban J connectivity index is 2.45. The van der Waals surface area contributed by atoms with Gasteiger partial charge in [-0.2, -0.15) is 0 Å². The van der Waals surface area contributed by atoms with Crippen LogP contribution < -0.4 is 5.32 Å². The lowest BCUT2D eigenvalue weighted by Crippen LogP contribution is -2.22. The third-order valence-electron chi connectivity index (χ3n) is 2.59. The third kappa shape index (κ3) is 2.79. The molecule has 2 aromatic rings. The van der Waals surface area contributed by atoms with Gasteiger partial charge >= 0.3 is 0 Å². The molecule has 2 rings (SSSR count). The van der Waals surface area contributed by atoms with E-state index in [0.717, 1.165) is 15.4 Å². The first-order valence-electron chi connectivity index (χ1n) is 5.54. The molecule has 1 unspecified atom stereocenters. The van der Waals surface area contributed by atoms with Crippen LogP contribution in [0.2, 0.25) is 0 Å². The van der Waals surface area contributed by atoms with Gasteiger partial charge in [-0.25, -0.2) is 8.78 Å². The van der Waals surface area contributed by atoms with E-state index in [0.29, 0.717) is 12.1 Å². The number of hydrogen-bond acceptors (Lipinski definition) is 2. The number of hydrogen-bond donors (Lipinski definition) is 1. The zero-order valence-corrected chi connectivity index (χ0v) is 12.1. The van der Waals surface area contributed by atoms with Gasteiger partial charge in [-0.15, -0.1) is 11.3 Å². The lowest BCUT2D eigenvalue weighted by Gasteiger charge is -2.18. The van der Waals surface area contributed by atoms with Gasteiger partial charge < -0.3 is 5.32 Å². The Morgan fingerprint density at radius 2 is 2.11 bits per heavy atom. The molecule has 1 aromatic carbocycles. The highest BCUT2D eigenvalue weighted by atomic mass is 79.9. The first-order valence-corrected chi connectivity index (χ1v) is 7.22. The molecule has 1 aromatic heterocycles. The van der Waals surface area contributed by atoms with Crippen LogP contribution >= 0.6 is 27.3 Å². The topological polar surface area (TPSA) is 12.0 Å². The summed E-state index contributed by atoms with van der Waals surface area (Å²) in [6, 6.07) is 5.35. The van der Waals surface area contributed by atoms with Gasteiger partial charge in [0.25, 0.3) is 0 Å². The molecular formula is C13H12BrF2NS. The summed E-state index contributed by atoms with van der Waals surface area (Å²) in [5, 5.41) is 5.16. The van der Waals surface area contributed by atoms with Crippen LogP contribution in [-0.4, -0.2) is 6.54 Å². The zero-order chi connectivity index (χ0) is 13.1. The van der Waals surface area contributed by atoms with Crippen LogP contribution in [0.1, 0.15) is 23.4 Å². The van der Waals surface area contributed by atoms with Crippen molar-refractivity contribution in [1.29, 1.82) is 0 Å². The summed E-state index contributed by atoms with van der Waals surface area (Å²) in [6.07, 6.45) is 0. The number of thiophene rings is 1. The van der Waals surface area contributed by atoms with Crippen molar-refractivity contribution in [2.75, 3.05) is 6.54 Å². The van der Waals surface area contributed by atoms with Gasteiger partial charge in [-0.3, -0.25) is 0 Å². The normalized spacial score (nSPS) is 12.7. The van der Waals surface area contributed by atoms with Crippen LogP contribution in [0.5, 0.6) is 0 Å². The SMILES string of the molecule is CCNC(c1ccc(F)cc1F)c1sccc1Br. The molecule has 0 fully saturated rings. The Hall–Kier alpha value is -0.780. The standard InChI is InChI=1S/C13H12BrF2NS/c1-2-17-12(13-10(14)5-6-18-13)9-4-3-8(15)7-11(9)16/h3-7,12,17H,2H2,1H3. The Bertz CT molecular complexity index is 542. The molecule has 5 heteroatoms. The second-order valence-electron chi connectivity index (χ2n) is 3.79. The van der Waals surface area contributed by atoms with Crippen molar-refractivity contribution in [2.45, 2.75) is 13.0 Å². The fourth-order valence-corrected chi connectivity index (χ4v) is 3.49. The molecule has 18 heavy (non-hydrogen) atoms. The van der Waals surface area contributed by atoms with E-state index in [1.165, 1.54) is 23.5 Å². The number of benzene rings is 1. The molecule has 1 nitrogen and oxygen atoms in total. The molecular weight excluding hydrogens is 320 g/mol. The molecule has 1 heterocycles. The Morgan fingerprint density at radius 3 is 2.67 bits per heavy atom. The van der Waals surface area contributed by atoms with Gasteiger partial charge in [0.2, 0.25) is 0 Å². The third-order valence-corrected chi connectivity index (χ3v) is 4.52. The number of rotatable bonds is 4. The van der Waals surface area contributed by atoms with E-state index in [1.807, 2.05) is 18.4 Å². The minimum atomic E-state index is -0.559. The van der Waals surface area contributed by atoms with Crippen LogP contribution in [0.15, 0.2) is 34.1 Å². The summed E-state index contributed by atoms with van der Waals surface area (Å²) in [6.45, 7) is 2.65. The van der Waals surface area contributed by atoms with Gasteiger partial charge in [0.15, 0.2) is 0 Å². The fraction of sp³-hybridized carbons (Fsp3) is 0.231. The Labute approximate surface area is 117 Å². The van der Waals surface area contributed by atoms with Crippen molar-refractivity contribution in [3.8, 4) is 0 Å². The van der Waals surface area contributed by atoms with Gasteiger partial charge in [0.05, 0.1) is 6.04 Å². The van der Waals surface area contributed by atoms with Gasteiger partial charge in [-0.05, 0) is 40.0 Å². The van der Waals surface area contributed by atoms with E-state index in [1.54, 1.807) is 0 Å². The molecule has 0 spiro atoms. The first kappa shape index (κ1) is 13.6. The van der Waals surface area contributed by atoms with Crippen LogP contribution in [0.3, 0.4) is 0 Å². The van der Waals surface area contributed by atoms with E-state index < -0.39 is 11.6 Å². The van der Waals surface area contributed by atoms with Crippen molar-refractivity contribution in [3.63, 3.8) is 0 Å². The molecule has 0 aliphatic carbocycles. The monoisotopic (exact) mass is 331 g/mol. The summed E-state index contributed by atoms with van der Waals surface area (Å²) in [5.74, 6) is -1.09. The lowest BCUT2D eigenvalue weighted by molar-refractivity contribution is 0.543. The summed E-state index contributed by atoms with van der Waals surface area (Å²) < 4.78 is 27.7. The van der Waals surface area contributed by atoms with Crippen LogP contribution in [-0.2, 0) is 0 Å². The predicted molar refractivity (Wildman–Crippen MR) is 73.9 cm³/mol. The fourth-order valence-electron chi connectivity index (χ4n) is 1.80. The highest BCUT2D eigenvalue weighted by molar-refractivity contribution is 9.10. The molecule has 0 bridgehead atoms.